The molecular formula is C11H18N2O3S. The van der Waals surface area contributed by atoms with Gasteiger partial charge in [0.05, 0.1) is 12.4 Å². The lowest BCUT2D eigenvalue weighted by Gasteiger charge is -2.14. The molecule has 1 atom stereocenters. The summed E-state index contributed by atoms with van der Waals surface area (Å²) in [4.78, 5) is 3.87. The van der Waals surface area contributed by atoms with Gasteiger partial charge >= 0.3 is 0 Å². The number of hydrogen-bond donors (Lipinski definition) is 2. The molecule has 0 bridgehead atoms. The molecule has 1 heterocycles. The monoisotopic (exact) mass is 258 g/mol. The molecule has 17 heavy (non-hydrogen) atoms. The average Bonchev–Trinajstić information content (AvgIpc) is 2.35. The van der Waals surface area contributed by atoms with Gasteiger partial charge in [-0.2, -0.15) is 0 Å². The van der Waals surface area contributed by atoms with E-state index in [0.29, 0.717) is 12.8 Å². The van der Waals surface area contributed by atoms with Gasteiger partial charge in [-0.3, -0.25) is 4.98 Å². The van der Waals surface area contributed by atoms with Crippen molar-refractivity contribution in [1.29, 1.82) is 0 Å². The second kappa shape index (κ2) is 6.68. The van der Waals surface area contributed by atoms with E-state index in [4.69, 9.17) is 5.11 Å². The molecule has 0 saturated heterocycles. The van der Waals surface area contributed by atoms with Gasteiger partial charge in [0.2, 0.25) is 10.0 Å². The molecule has 5 nitrogen and oxygen atoms in total. The first-order valence-corrected chi connectivity index (χ1v) is 7.22. The normalized spacial score (nSPS) is 13.5. The van der Waals surface area contributed by atoms with Crippen molar-refractivity contribution in [3.63, 3.8) is 0 Å². The molecule has 0 unspecified atom stereocenters. The Labute approximate surface area is 102 Å². The lowest BCUT2D eigenvalue weighted by Crippen LogP contribution is -2.38. The van der Waals surface area contributed by atoms with Gasteiger partial charge in [-0.25, -0.2) is 13.1 Å². The molecule has 0 spiro atoms. The van der Waals surface area contributed by atoms with Crippen molar-refractivity contribution >= 4 is 10.0 Å². The van der Waals surface area contributed by atoms with E-state index in [1.54, 1.807) is 24.5 Å². The van der Waals surface area contributed by atoms with Gasteiger partial charge in [0.15, 0.2) is 0 Å². The van der Waals surface area contributed by atoms with E-state index >= 15 is 0 Å². The zero-order valence-corrected chi connectivity index (χ0v) is 10.7. The first-order valence-electron chi connectivity index (χ1n) is 5.57. The Bertz CT molecular complexity index is 416. The number of aryl methyl sites for hydroxylation is 1. The SMILES string of the molecule is CC[C@H](CO)NS(=O)(=O)CCc1ccncc1. The number of rotatable bonds is 7. The first kappa shape index (κ1) is 14.1. The number of pyridine rings is 1. The highest BCUT2D eigenvalue weighted by Crippen LogP contribution is 2.01. The number of nitrogens with zero attached hydrogens (tertiary/aromatic N) is 1. The summed E-state index contributed by atoms with van der Waals surface area (Å²) in [5.74, 6) is 0.0213. The quantitative estimate of drug-likeness (QED) is 0.738. The minimum Gasteiger partial charge on any atom is -0.395 e. The molecule has 96 valence electrons. The molecule has 0 aliphatic heterocycles. The van der Waals surface area contributed by atoms with Crippen molar-refractivity contribution in [2.45, 2.75) is 25.8 Å². The van der Waals surface area contributed by atoms with Crippen LogP contribution >= 0.6 is 0 Å². The van der Waals surface area contributed by atoms with E-state index in [0.717, 1.165) is 5.56 Å². The topological polar surface area (TPSA) is 79.3 Å². The maximum Gasteiger partial charge on any atom is 0.212 e. The summed E-state index contributed by atoms with van der Waals surface area (Å²) < 4.78 is 25.9. The molecule has 1 aromatic heterocycles. The summed E-state index contributed by atoms with van der Waals surface area (Å²) in [5.41, 5.74) is 0.933. The van der Waals surface area contributed by atoms with Crippen LogP contribution in [0, 0.1) is 0 Å². The van der Waals surface area contributed by atoms with Crippen LogP contribution in [0.15, 0.2) is 24.5 Å². The fourth-order valence-electron chi connectivity index (χ4n) is 1.36. The number of aliphatic hydroxyl groups excluding tert-OH is 1. The van der Waals surface area contributed by atoms with Crippen LogP contribution in [-0.2, 0) is 16.4 Å². The maximum atomic E-state index is 11.7. The first-order chi connectivity index (χ1) is 8.07. The molecule has 0 saturated carbocycles. The van der Waals surface area contributed by atoms with Gasteiger partial charge < -0.3 is 5.11 Å². The third-order valence-corrected chi connectivity index (χ3v) is 3.90. The summed E-state index contributed by atoms with van der Waals surface area (Å²) in [6.07, 6.45) is 4.29. The van der Waals surface area contributed by atoms with Crippen LogP contribution < -0.4 is 4.72 Å². The average molecular weight is 258 g/mol. The Morgan fingerprint density at radius 1 is 1.41 bits per heavy atom. The summed E-state index contributed by atoms with van der Waals surface area (Å²) in [7, 11) is -3.33. The molecule has 6 heteroatoms. The van der Waals surface area contributed by atoms with Crippen molar-refractivity contribution in [2.24, 2.45) is 0 Å². The second-order valence-electron chi connectivity index (χ2n) is 3.83. The number of sulfonamides is 1. The molecule has 0 aromatic carbocycles. The highest BCUT2D eigenvalue weighted by atomic mass is 32.2. The van der Waals surface area contributed by atoms with Crippen LogP contribution in [-0.4, -0.2) is 36.9 Å². The van der Waals surface area contributed by atoms with Gasteiger partial charge in [-0.1, -0.05) is 6.92 Å². The van der Waals surface area contributed by atoms with Crippen LogP contribution in [0.25, 0.3) is 0 Å². The van der Waals surface area contributed by atoms with Crippen molar-refractivity contribution in [2.75, 3.05) is 12.4 Å². The Hall–Kier alpha value is -0.980. The van der Waals surface area contributed by atoms with Crippen molar-refractivity contribution in [3.05, 3.63) is 30.1 Å². The molecule has 1 rings (SSSR count). The van der Waals surface area contributed by atoms with E-state index in [2.05, 4.69) is 9.71 Å². The van der Waals surface area contributed by atoms with Crippen LogP contribution in [0.1, 0.15) is 18.9 Å². The third kappa shape index (κ3) is 5.25. The predicted octanol–water partition coefficient (Wildman–Crippen LogP) is 0.314. The Kier molecular flexibility index (Phi) is 5.54. The predicted molar refractivity (Wildman–Crippen MR) is 66.0 cm³/mol. The van der Waals surface area contributed by atoms with Gasteiger partial charge in [-0.05, 0) is 30.5 Å². The summed E-state index contributed by atoms with van der Waals surface area (Å²) in [6.45, 7) is 1.65. The van der Waals surface area contributed by atoms with E-state index in [9.17, 15) is 8.42 Å². The molecular weight excluding hydrogens is 240 g/mol. The third-order valence-electron chi connectivity index (χ3n) is 2.47. The minimum absolute atomic E-state index is 0.0213. The van der Waals surface area contributed by atoms with Crippen molar-refractivity contribution in [1.82, 2.24) is 9.71 Å². The highest BCUT2D eigenvalue weighted by molar-refractivity contribution is 7.89. The second-order valence-corrected chi connectivity index (χ2v) is 5.70. The number of hydrogen-bond acceptors (Lipinski definition) is 4. The van der Waals surface area contributed by atoms with Gasteiger partial charge in [0.25, 0.3) is 0 Å². The van der Waals surface area contributed by atoms with Crippen LogP contribution in [0.2, 0.25) is 0 Å². The fourth-order valence-corrected chi connectivity index (χ4v) is 2.74. The maximum absolute atomic E-state index is 11.7. The molecule has 0 radical (unpaired) electrons. The molecule has 0 aliphatic rings. The fraction of sp³-hybridized carbons (Fsp3) is 0.545. The molecule has 2 N–H and O–H groups in total. The molecule has 1 aromatic rings. The summed E-state index contributed by atoms with van der Waals surface area (Å²) >= 11 is 0. The van der Waals surface area contributed by atoms with E-state index in [1.165, 1.54) is 0 Å². The van der Waals surface area contributed by atoms with Gasteiger partial charge in [0.1, 0.15) is 0 Å². The van der Waals surface area contributed by atoms with E-state index in [1.807, 2.05) is 6.92 Å². The smallest absolute Gasteiger partial charge is 0.212 e. The largest absolute Gasteiger partial charge is 0.395 e. The van der Waals surface area contributed by atoms with Crippen LogP contribution in [0.5, 0.6) is 0 Å². The minimum atomic E-state index is -3.33. The number of aliphatic hydroxyl groups is 1. The Balaban J connectivity index is 2.50. The zero-order chi connectivity index (χ0) is 12.7. The van der Waals surface area contributed by atoms with Gasteiger partial charge in [-0.15, -0.1) is 0 Å². The molecule has 0 amide bonds. The van der Waals surface area contributed by atoms with E-state index in [-0.39, 0.29) is 12.4 Å². The lowest BCUT2D eigenvalue weighted by molar-refractivity contribution is 0.254. The lowest BCUT2D eigenvalue weighted by atomic mass is 10.2. The van der Waals surface area contributed by atoms with E-state index < -0.39 is 16.1 Å². The van der Waals surface area contributed by atoms with Crippen LogP contribution in [0.3, 0.4) is 0 Å². The molecule has 0 aliphatic carbocycles. The highest BCUT2D eigenvalue weighted by Gasteiger charge is 2.15. The van der Waals surface area contributed by atoms with Gasteiger partial charge in [0, 0.05) is 18.4 Å². The Morgan fingerprint density at radius 3 is 2.59 bits per heavy atom. The van der Waals surface area contributed by atoms with Crippen molar-refractivity contribution < 1.29 is 13.5 Å². The van der Waals surface area contributed by atoms with Crippen molar-refractivity contribution in [3.8, 4) is 0 Å². The number of aromatic nitrogens is 1. The standard InChI is InChI=1S/C11H18N2O3S/c1-2-11(9-14)13-17(15,16)8-5-10-3-6-12-7-4-10/h3-4,6-7,11,13-14H,2,5,8-9H2,1H3/t11-/m1/s1. The Morgan fingerprint density at radius 2 is 2.06 bits per heavy atom. The summed E-state index contributed by atoms with van der Waals surface area (Å²) in [6, 6.07) is 3.19. The number of nitrogens with one attached hydrogen (secondary N) is 1. The zero-order valence-electron chi connectivity index (χ0n) is 9.83. The molecule has 0 fully saturated rings. The van der Waals surface area contributed by atoms with Crippen LogP contribution in [0.4, 0.5) is 0 Å². The summed E-state index contributed by atoms with van der Waals surface area (Å²) in [5, 5.41) is 8.94.